The zero-order valence-electron chi connectivity index (χ0n) is 17.7. The number of nitrogens with one attached hydrogen (secondary N) is 2. The van der Waals surface area contributed by atoms with E-state index in [1.54, 1.807) is 6.92 Å². The Balaban J connectivity index is 1.56. The molecule has 0 amide bonds. The molecule has 1 unspecified atom stereocenters. The molecule has 3 N–H and O–H groups in total. The van der Waals surface area contributed by atoms with Crippen molar-refractivity contribution in [3.63, 3.8) is 0 Å². The van der Waals surface area contributed by atoms with E-state index in [-0.39, 0.29) is 5.69 Å². The number of aliphatic hydroxyl groups excluding tert-OH is 1. The molecule has 1 atom stereocenters. The molecule has 0 bridgehead atoms. The van der Waals surface area contributed by atoms with Gasteiger partial charge in [-0.3, -0.25) is 4.72 Å². The first-order chi connectivity index (χ1) is 16.0. The molecule has 1 aromatic heterocycles. The summed E-state index contributed by atoms with van der Waals surface area (Å²) in [4.78, 5) is 7.54. The number of anilines is 1. The summed E-state index contributed by atoms with van der Waals surface area (Å²) >= 11 is 0. The van der Waals surface area contributed by atoms with Crippen LogP contribution in [0.4, 0.5) is 18.9 Å². The van der Waals surface area contributed by atoms with Crippen LogP contribution in [0.3, 0.4) is 0 Å². The number of hydrogen-bond donors (Lipinski definition) is 3. The Kier molecular flexibility index (Phi) is 6.08. The zero-order chi connectivity index (χ0) is 24.5. The number of aliphatic hydroxyl groups is 1. The normalized spacial score (nSPS) is 12.7. The van der Waals surface area contributed by atoms with Crippen LogP contribution in [0.5, 0.6) is 0 Å². The van der Waals surface area contributed by atoms with Gasteiger partial charge >= 0.3 is 15.5 Å². The van der Waals surface area contributed by atoms with E-state index in [0.29, 0.717) is 16.9 Å². The molecule has 4 aromatic rings. The summed E-state index contributed by atoms with van der Waals surface area (Å²) in [6.07, 6.45) is -0.620. The monoisotopic (exact) mass is 485 g/mol. The highest BCUT2D eigenvalue weighted by Gasteiger charge is 2.46. The Morgan fingerprint density at radius 2 is 1.74 bits per heavy atom. The average molecular weight is 485 g/mol. The van der Waals surface area contributed by atoms with Gasteiger partial charge in [0.25, 0.3) is 0 Å². The Hall–Kier alpha value is -3.81. The van der Waals surface area contributed by atoms with Crippen LogP contribution in [0.25, 0.3) is 22.2 Å². The maximum atomic E-state index is 12.5. The van der Waals surface area contributed by atoms with Crippen molar-refractivity contribution in [2.24, 2.45) is 0 Å². The van der Waals surface area contributed by atoms with Crippen molar-refractivity contribution in [2.45, 2.75) is 18.5 Å². The summed E-state index contributed by atoms with van der Waals surface area (Å²) in [6.45, 7) is 1.71. The van der Waals surface area contributed by atoms with Crippen LogP contribution in [0.1, 0.15) is 30.0 Å². The fourth-order valence-corrected chi connectivity index (χ4v) is 3.89. The Morgan fingerprint density at radius 3 is 2.41 bits per heavy atom. The van der Waals surface area contributed by atoms with E-state index in [2.05, 4.69) is 21.8 Å². The van der Waals surface area contributed by atoms with Gasteiger partial charge in [-0.15, -0.1) is 0 Å². The van der Waals surface area contributed by atoms with Crippen LogP contribution >= 0.6 is 0 Å². The number of sulfonamides is 1. The molecule has 0 spiro atoms. The molecular formula is C24H18F3N3O3S. The van der Waals surface area contributed by atoms with Crippen molar-refractivity contribution in [1.82, 2.24) is 9.97 Å². The van der Waals surface area contributed by atoms with Crippen LogP contribution in [0.2, 0.25) is 0 Å². The van der Waals surface area contributed by atoms with Gasteiger partial charge in [-0.25, -0.2) is 4.98 Å². The largest absolute Gasteiger partial charge is 0.516 e. The molecule has 6 nitrogen and oxygen atoms in total. The molecule has 0 aliphatic carbocycles. The van der Waals surface area contributed by atoms with Gasteiger partial charge in [0.05, 0.1) is 17.1 Å². The van der Waals surface area contributed by atoms with E-state index in [1.165, 1.54) is 29.0 Å². The fraction of sp³-hybridized carbons (Fsp3) is 0.125. The highest BCUT2D eigenvalue weighted by Crippen LogP contribution is 2.30. The lowest BCUT2D eigenvalue weighted by molar-refractivity contribution is -0.0429. The predicted molar refractivity (Wildman–Crippen MR) is 123 cm³/mol. The Morgan fingerprint density at radius 1 is 1.03 bits per heavy atom. The molecule has 1 heterocycles. The lowest BCUT2D eigenvalue weighted by atomic mass is 9.96. The summed E-state index contributed by atoms with van der Waals surface area (Å²) in [6, 6.07) is 18.4. The van der Waals surface area contributed by atoms with Crippen LogP contribution in [0, 0.1) is 11.8 Å². The third kappa shape index (κ3) is 4.90. The summed E-state index contributed by atoms with van der Waals surface area (Å²) in [5.41, 5.74) is -1.10. The van der Waals surface area contributed by atoms with Gasteiger partial charge in [0, 0.05) is 11.3 Å². The van der Waals surface area contributed by atoms with E-state index in [1.807, 2.05) is 42.5 Å². The first-order valence-electron chi connectivity index (χ1n) is 10.0. The van der Waals surface area contributed by atoms with Gasteiger partial charge in [0.2, 0.25) is 0 Å². The molecule has 0 saturated heterocycles. The SMILES string of the molecule is CC(O)c1ccccc1-c1ccc2nc(C#Cc3ccc(NS(=O)(=O)C(F)(F)F)cc3)[nH]c2c1. The van der Waals surface area contributed by atoms with Crippen molar-refractivity contribution >= 4 is 26.7 Å². The lowest BCUT2D eigenvalue weighted by Gasteiger charge is -2.11. The Labute approximate surface area is 193 Å². The molecule has 174 valence electrons. The number of aromatic amines is 1. The fourth-order valence-electron chi connectivity index (χ4n) is 3.33. The molecule has 0 radical (unpaired) electrons. The van der Waals surface area contributed by atoms with Crippen molar-refractivity contribution in [2.75, 3.05) is 4.72 Å². The number of nitrogens with zero attached hydrogens (tertiary/aromatic N) is 1. The van der Waals surface area contributed by atoms with Gasteiger partial charge in [0.1, 0.15) is 0 Å². The number of imidazole rings is 1. The molecule has 0 fully saturated rings. The van der Waals surface area contributed by atoms with E-state index >= 15 is 0 Å². The summed E-state index contributed by atoms with van der Waals surface area (Å²) in [7, 11) is -5.48. The number of rotatable bonds is 4. The van der Waals surface area contributed by atoms with Gasteiger partial charge in [-0.1, -0.05) is 36.3 Å². The van der Waals surface area contributed by atoms with E-state index in [0.717, 1.165) is 22.2 Å². The topological polar surface area (TPSA) is 95.1 Å². The van der Waals surface area contributed by atoms with Crippen molar-refractivity contribution in [1.29, 1.82) is 0 Å². The zero-order valence-corrected chi connectivity index (χ0v) is 18.5. The highest BCUT2D eigenvalue weighted by atomic mass is 32.2. The van der Waals surface area contributed by atoms with Crippen molar-refractivity contribution in [3.8, 4) is 23.0 Å². The second kappa shape index (κ2) is 8.85. The maximum Gasteiger partial charge on any atom is 0.516 e. The third-order valence-corrected chi connectivity index (χ3v) is 6.08. The molecule has 3 aromatic carbocycles. The second-order valence-corrected chi connectivity index (χ2v) is 9.13. The van der Waals surface area contributed by atoms with Gasteiger partial charge in [-0.2, -0.15) is 21.6 Å². The van der Waals surface area contributed by atoms with E-state index < -0.39 is 21.6 Å². The third-order valence-electron chi connectivity index (χ3n) is 4.97. The summed E-state index contributed by atoms with van der Waals surface area (Å²) in [5.74, 6) is 6.08. The summed E-state index contributed by atoms with van der Waals surface area (Å²) < 4.78 is 61.3. The van der Waals surface area contributed by atoms with Crippen LogP contribution < -0.4 is 4.72 Å². The number of H-pyrrole nitrogens is 1. The van der Waals surface area contributed by atoms with E-state index in [4.69, 9.17) is 0 Å². The summed E-state index contributed by atoms with van der Waals surface area (Å²) in [5, 5.41) is 10.0. The van der Waals surface area contributed by atoms with Crippen molar-refractivity contribution < 1.29 is 26.7 Å². The molecular weight excluding hydrogens is 467 g/mol. The lowest BCUT2D eigenvalue weighted by Crippen LogP contribution is -2.29. The molecule has 0 aliphatic heterocycles. The average Bonchev–Trinajstić information content (AvgIpc) is 3.20. The molecule has 4 rings (SSSR count). The number of fused-ring (bicyclic) bond motifs is 1. The quantitative estimate of drug-likeness (QED) is 0.357. The van der Waals surface area contributed by atoms with E-state index in [9.17, 15) is 26.7 Å². The standard InChI is InChI=1S/C24H18F3N3O3S/c1-15(31)19-4-2-3-5-20(19)17-9-12-21-22(14-17)29-23(28-21)13-8-16-6-10-18(11-7-16)30-34(32,33)24(25,26)27/h2-7,9-12,14-15,30-31H,1H3,(H,28,29). The first kappa shape index (κ1) is 23.4. The minimum Gasteiger partial charge on any atom is -0.389 e. The van der Waals surface area contributed by atoms with Gasteiger partial charge in [-0.05, 0) is 65.9 Å². The van der Waals surface area contributed by atoms with Crippen LogP contribution in [-0.4, -0.2) is 29.0 Å². The maximum absolute atomic E-state index is 12.5. The van der Waals surface area contributed by atoms with Crippen LogP contribution in [-0.2, 0) is 10.0 Å². The molecule has 34 heavy (non-hydrogen) atoms. The molecule has 0 aliphatic rings. The van der Waals surface area contributed by atoms with Gasteiger partial charge < -0.3 is 10.1 Å². The number of benzene rings is 3. The Bertz CT molecular complexity index is 1510. The van der Waals surface area contributed by atoms with Crippen LogP contribution in [0.15, 0.2) is 66.7 Å². The predicted octanol–water partition coefficient (Wildman–Crippen LogP) is 4.94. The smallest absolute Gasteiger partial charge is 0.389 e. The number of hydrogen-bond acceptors (Lipinski definition) is 4. The second-order valence-electron chi connectivity index (χ2n) is 7.46. The number of halogens is 3. The number of aromatic nitrogens is 2. The minimum atomic E-state index is -5.48. The first-order valence-corrected chi connectivity index (χ1v) is 11.5. The molecule has 10 heteroatoms. The van der Waals surface area contributed by atoms with Crippen molar-refractivity contribution in [3.05, 3.63) is 83.7 Å². The molecule has 0 saturated carbocycles. The number of alkyl halides is 3. The highest BCUT2D eigenvalue weighted by molar-refractivity contribution is 7.93. The van der Waals surface area contributed by atoms with Gasteiger partial charge in [0.15, 0.2) is 5.82 Å². The minimum absolute atomic E-state index is 0.225.